The van der Waals surface area contributed by atoms with E-state index in [-0.39, 0.29) is 39.2 Å². The molecule has 0 radical (unpaired) electrons. The molecule has 0 fully saturated rings. The number of fused-ring (bicyclic) bond motifs is 8. The number of anilines is 6. The predicted octanol–water partition coefficient (Wildman–Crippen LogP) is 16.6. The van der Waals surface area contributed by atoms with Gasteiger partial charge in [-0.15, -0.1) is 11.3 Å². The van der Waals surface area contributed by atoms with Crippen LogP contribution < -0.4 is 25.5 Å². The van der Waals surface area contributed by atoms with Crippen molar-refractivity contribution in [1.29, 1.82) is 0 Å². The molecule has 4 heteroatoms. The minimum absolute atomic E-state index is 0.00547. The lowest BCUT2D eigenvalue weighted by atomic mass is 9.35. The molecule has 0 saturated carbocycles. The van der Waals surface area contributed by atoms with E-state index in [1.54, 1.807) is 0 Å². The highest BCUT2D eigenvalue weighted by atomic mass is 32.1. The zero-order chi connectivity index (χ0) is 48.4. The van der Waals surface area contributed by atoms with Gasteiger partial charge in [-0.05, 0) is 193 Å². The number of nitrogens with zero attached hydrogens (tertiary/aromatic N) is 2. The van der Waals surface area contributed by atoms with E-state index < -0.39 is 0 Å². The molecular formula is C64H73BN2S. The molecule has 2 aliphatic carbocycles. The minimum Gasteiger partial charge on any atom is -0.311 e. The zero-order valence-electron chi connectivity index (χ0n) is 44.0. The van der Waals surface area contributed by atoms with Gasteiger partial charge in [-0.25, -0.2) is 0 Å². The molecule has 2 aliphatic heterocycles. The van der Waals surface area contributed by atoms with Crippen molar-refractivity contribution in [2.75, 3.05) is 9.80 Å². The second-order valence-corrected chi connectivity index (χ2v) is 27.2. The molecule has 6 aromatic carbocycles. The maximum atomic E-state index is 2.73. The summed E-state index contributed by atoms with van der Waals surface area (Å²) in [4.78, 5) is 5.42. The van der Waals surface area contributed by atoms with Crippen LogP contribution in [0.5, 0.6) is 0 Å². The maximum absolute atomic E-state index is 2.73. The predicted molar refractivity (Wildman–Crippen MR) is 299 cm³/mol. The van der Waals surface area contributed by atoms with E-state index in [0.717, 1.165) is 0 Å². The lowest BCUT2D eigenvalue weighted by Gasteiger charge is -2.47. The molecule has 0 amide bonds. The van der Waals surface area contributed by atoms with Gasteiger partial charge in [0.15, 0.2) is 0 Å². The third-order valence-corrected chi connectivity index (χ3v) is 18.6. The quantitative estimate of drug-likeness (QED) is 0.163. The molecule has 0 bridgehead atoms. The van der Waals surface area contributed by atoms with Gasteiger partial charge in [0.25, 0.3) is 6.71 Å². The van der Waals surface area contributed by atoms with Crippen molar-refractivity contribution < 1.29 is 0 Å². The molecule has 1 aromatic heterocycles. The van der Waals surface area contributed by atoms with Gasteiger partial charge < -0.3 is 9.80 Å². The Morgan fingerprint density at radius 2 is 1.01 bits per heavy atom. The van der Waals surface area contributed by atoms with Crippen LogP contribution in [0.3, 0.4) is 0 Å². The fourth-order valence-electron chi connectivity index (χ4n) is 12.8. The highest BCUT2D eigenvalue weighted by Gasteiger charge is 2.49. The number of thiophene rings is 1. The summed E-state index contributed by atoms with van der Waals surface area (Å²) in [6.07, 6.45) is 4.73. The molecule has 4 aliphatic rings. The SMILES string of the molecule is Cc1cccc(C)c1-c1cc2c3c(c1)N(c1ccc(C(C)(C)C)cc1)c1c(sc4ccc(C(C)(C)C)cc14)B3c1cc3c(cc1N2c1ccc2c(c1)C(C)(C)CCC2(C)C)C(C)(C)CCC3(C)C. The van der Waals surface area contributed by atoms with Gasteiger partial charge in [0.1, 0.15) is 0 Å². The van der Waals surface area contributed by atoms with Crippen LogP contribution >= 0.6 is 11.3 Å². The Bertz CT molecular complexity index is 3210. The summed E-state index contributed by atoms with van der Waals surface area (Å²) >= 11 is 2.02. The first-order valence-corrected chi connectivity index (χ1v) is 26.4. The Kier molecular flexibility index (Phi) is 9.84. The largest absolute Gasteiger partial charge is 0.311 e. The number of rotatable bonds is 3. The van der Waals surface area contributed by atoms with E-state index in [1.807, 2.05) is 11.3 Å². The van der Waals surface area contributed by atoms with Crippen LogP contribution in [0.25, 0.3) is 21.2 Å². The summed E-state index contributed by atoms with van der Waals surface area (Å²) in [6.45, 7) is 38.6. The highest BCUT2D eigenvalue weighted by Crippen LogP contribution is 2.54. The first-order valence-electron chi connectivity index (χ1n) is 25.6. The van der Waals surface area contributed by atoms with Crippen molar-refractivity contribution >= 4 is 78.0 Å². The van der Waals surface area contributed by atoms with Gasteiger partial charge in [-0.2, -0.15) is 0 Å². The number of benzene rings is 6. The molecule has 11 rings (SSSR count). The highest BCUT2D eigenvalue weighted by molar-refractivity contribution is 7.33. The van der Waals surface area contributed by atoms with E-state index >= 15 is 0 Å². The van der Waals surface area contributed by atoms with Crippen LogP contribution in [-0.4, -0.2) is 6.71 Å². The van der Waals surface area contributed by atoms with Crippen LogP contribution in [0.2, 0.25) is 0 Å². The van der Waals surface area contributed by atoms with E-state index in [9.17, 15) is 0 Å². The first kappa shape index (κ1) is 45.4. The van der Waals surface area contributed by atoms with Gasteiger partial charge in [0.05, 0.1) is 5.69 Å². The molecular weight excluding hydrogens is 840 g/mol. The van der Waals surface area contributed by atoms with Crippen molar-refractivity contribution in [2.24, 2.45) is 0 Å². The molecule has 2 nitrogen and oxygen atoms in total. The average Bonchev–Trinajstić information content (AvgIpc) is 3.64. The lowest BCUT2D eigenvalue weighted by Crippen LogP contribution is -2.61. The van der Waals surface area contributed by atoms with Crippen LogP contribution in [0.1, 0.15) is 167 Å². The van der Waals surface area contributed by atoms with Crippen LogP contribution in [0.15, 0.2) is 103 Å². The Balaban J connectivity index is 1.32. The summed E-state index contributed by atoms with van der Waals surface area (Å²) in [5, 5.41) is 1.35. The molecule has 68 heavy (non-hydrogen) atoms. The first-order chi connectivity index (χ1) is 31.8. The molecule has 0 saturated heterocycles. The second-order valence-electron chi connectivity index (χ2n) is 26.1. The molecule has 3 heterocycles. The van der Waals surface area contributed by atoms with Crippen molar-refractivity contribution in [1.82, 2.24) is 0 Å². The topological polar surface area (TPSA) is 6.48 Å². The van der Waals surface area contributed by atoms with Gasteiger partial charge in [-0.3, -0.25) is 0 Å². The fourth-order valence-corrected chi connectivity index (χ4v) is 14.1. The van der Waals surface area contributed by atoms with Gasteiger partial charge >= 0.3 is 0 Å². The summed E-state index contributed by atoms with van der Waals surface area (Å²) in [5.74, 6) is 0. The Labute approximate surface area is 413 Å². The molecule has 0 N–H and O–H groups in total. The average molecular weight is 913 g/mol. The molecule has 0 atom stereocenters. The van der Waals surface area contributed by atoms with Crippen molar-refractivity contribution in [3.63, 3.8) is 0 Å². The fraction of sp³-hybridized carbons (Fsp3) is 0.406. The number of hydrogen-bond acceptors (Lipinski definition) is 3. The van der Waals surface area contributed by atoms with Crippen molar-refractivity contribution in [2.45, 2.75) is 169 Å². The summed E-state index contributed by atoms with van der Waals surface area (Å²) in [5.41, 5.74) is 24.9. The van der Waals surface area contributed by atoms with Crippen molar-refractivity contribution in [3.05, 3.63) is 148 Å². The van der Waals surface area contributed by atoms with Crippen LogP contribution in [0.4, 0.5) is 34.1 Å². The van der Waals surface area contributed by atoms with Crippen LogP contribution in [0, 0.1) is 13.8 Å². The molecule has 0 spiro atoms. The third-order valence-electron chi connectivity index (χ3n) is 17.4. The van der Waals surface area contributed by atoms with E-state index in [0.29, 0.717) is 0 Å². The monoisotopic (exact) mass is 913 g/mol. The normalized spacial score (nSPS) is 18.4. The van der Waals surface area contributed by atoms with Crippen molar-refractivity contribution in [3.8, 4) is 11.1 Å². The lowest BCUT2D eigenvalue weighted by molar-refractivity contribution is 0.332. The smallest absolute Gasteiger partial charge is 0.264 e. The summed E-state index contributed by atoms with van der Waals surface area (Å²) in [7, 11) is 0. The minimum atomic E-state index is 0.00547. The van der Waals surface area contributed by atoms with Gasteiger partial charge in [-0.1, -0.05) is 145 Å². The van der Waals surface area contributed by atoms with Gasteiger partial charge in [0.2, 0.25) is 0 Å². The standard InChI is InChI=1S/C64H73BN2S/c1-38-18-17-19-39(2)55(38)40-32-52-56-53(33-40)67(43-23-20-41(21-24-43)59(3,4)5)57-45-34-42(60(6,7)8)22-27-54(45)68-58(57)65(56)50-36-48-49(64(15,16)31-30-63(48,13)14)37-51(50)66(52)44-25-26-46-47(35-44)62(11,12)29-28-61(46,9)10/h17-27,32-37H,28-31H2,1-16H3. The van der Waals surface area contributed by atoms with Gasteiger partial charge in [0, 0.05) is 43.3 Å². The molecule has 348 valence electrons. The second kappa shape index (κ2) is 14.7. The van der Waals surface area contributed by atoms with Crippen LogP contribution in [-0.2, 0) is 32.5 Å². The summed E-state index contributed by atoms with van der Waals surface area (Å²) in [6, 6.07) is 41.9. The Morgan fingerprint density at radius 1 is 0.500 bits per heavy atom. The number of hydrogen-bond donors (Lipinski definition) is 0. The van der Waals surface area contributed by atoms with E-state index in [2.05, 4.69) is 224 Å². The number of aryl methyl sites for hydroxylation is 2. The Morgan fingerprint density at radius 3 is 1.60 bits per heavy atom. The molecule has 0 unspecified atom stereocenters. The summed E-state index contributed by atoms with van der Waals surface area (Å²) < 4.78 is 2.80. The van der Waals surface area contributed by atoms with E-state index in [1.165, 1.54) is 141 Å². The Hall–Kier alpha value is -5.06. The zero-order valence-corrected chi connectivity index (χ0v) is 44.8. The maximum Gasteiger partial charge on any atom is 0.264 e. The third kappa shape index (κ3) is 6.84. The molecule has 7 aromatic rings. The van der Waals surface area contributed by atoms with E-state index in [4.69, 9.17) is 0 Å².